The number of nitriles is 1. The van der Waals surface area contributed by atoms with Crippen molar-refractivity contribution < 1.29 is 13.6 Å². The molecule has 0 aliphatic carbocycles. The molecular formula is C25H23F2N9O2. The SMILES string of the molecule is CC[C@@H]1CN(c2ncc(C#N)cn2)C[C@H]1Nc1c(C(N)=O)cnn2cc(-c3ccc(=O)n(C(F)F)c3)cc12. The first-order chi connectivity index (χ1) is 18.3. The van der Waals surface area contributed by atoms with Crippen LogP contribution in [0, 0.1) is 17.2 Å². The highest BCUT2D eigenvalue weighted by Gasteiger charge is 2.34. The van der Waals surface area contributed by atoms with Crippen molar-refractivity contribution in [2.45, 2.75) is 25.9 Å². The molecule has 3 N–H and O–H groups in total. The van der Waals surface area contributed by atoms with Crippen LogP contribution in [0.15, 0.2) is 54.0 Å². The Morgan fingerprint density at radius 3 is 2.63 bits per heavy atom. The summed E-state index contributed by atoms with van der Waals surface area (Å²) in [4.78, 5) is 34.7. The average molecular weight is 520 g/mol. The summed E-state index contributed by atoms with van der Waals surface area (Å²) in [6, 6.07) is 6.13. The number of alkyl halides is 2. The molecule has 0 saturated carbocycles. The van der Waals surface area contributed by atoms with Crippen LogP contribution < -0.4 is 21.5 Å². The van der Waals surface area contributed by atoms with Crippen molar-refractivity contribution in [1.82, 2.24) is 24.1 Å². The lowest BCUT2D eigenvalue weighted by molar-refractivity contribution is 0.0665. The third-order valence-corrected chi connectivity index (χ3v) is 6.73. The average Bonchev–Trinajstić information content (AvgIpc) is 3.53. The van der Waals surface area contributed by atoms with Crippen LogP contribution in [0.5, 0.6) is 0 Å². The Balaban J connectivity index is 1.52. The first-order valence-corrected chi connectivity index (χ1v) is 11.8. The highest BCUT2D eigenvalue weighted by atomic mass is 19.3. The normalized spacial score (nSPS) is 17.2. The van der Waals surface area contributed by atoms with Gasteiger partial charge in [0.2, 0.25) is 5.95 Å². The van der Waals surface area contributed by atoms with E-state index in [0.29, 0.717) is 51.5 Å². The van der Waals surface area contributed by atoms with Gasteiger partial charge in [0.1, 0.15) is 6.07 Å². The maximum absolute atomic E-state index is 13.3. The van der Waals surface area contributed by atoms with Crippen molar-refractivity contribution in [1.29, 1.82) is 5.26 Å². The lowest BCUT2D eigenvalue weighted by Gasteiger charge is -2.21. The van der Waals surface area contributed by atoms with E-state index in [1.807, 2.05) is 11.0 Å². The molecule has 4 aromatic rings. The summed E-state index contributed by atoms with van der Waals surface area (Å²) in [5.41, 5.74) is 7.32. The highest BCUT2D eigenvalue weighted by molar-refractivity contribution is 6.02. The number of nitrogens with two attached hydrogens (primary N) is 1. The minimum atomic E-state index is -2.98. The van der Waals surface area contributed by atoms with Crippen molar-refractivity contribution in [3.63, 3.8) is 0 Å². The van der Waals surface area contributed by atoms with Gasteiger partial charge in [-0.05, 0) is 24.5 Å². The molecule has 0 radical (unpaired) electrons. The van der Waals surface area contributed by atoms with E-state index in [-0.39, 0.29) is 17.5 Å². The number of fused-ring (bicyclic) bond motifs is 1. The first kappa shape index (κ1) is 24.8. The molecule has 38 heavy (non-hydrogen) atoms. The highest BCUT2D eigenvalue weighted by Crippen LogP contribution is 2.32. The van der Waals surface area contributed by atoms with Crippen molar-refractivity contribution in [2.24, 2.45) is 11.7 Å². The lowest BCUT2D eigenvalue weighted by atomic mass is 10.00. The van der Waals surface area contributed by atoms with Crippen LogP contribution >= 0.6 is 0 Å². The lowest BCUT2D eigenvalue weighted by Crippen LogP contribution is -2.31. The number of carbonyl (C=O) groups is 1. The number of halogens is 2. The smallest absolute Gasteiger partial charge is 0.321 e. The predicted octanol–water partition coefficient (Wildman–Crippen LogP) is 2.65. The molecule has 2 atom stereocenters. The van der Waals surface area contributed by atoms with E-state index in [0.717, 1.165) is 18.7 Å². The van der Waals surface area contributed by atoms with E-state index in [2.05, 4.69) is 27.3 Å². The summed E-state index contributed by atoms with van der Waals surface area (Å²) in [5.74, 6) is 0.00270. The fraction of sp³-hybridized carbons (Fsp3) is 0.280. The molecule has 0 unspecified atom stereocenters. The Hall–Kier alpha value is -4.86. The van der Waals surface area contributed by atoms with Gasteiger partial charge in [0, 0.05) is 48.7 Å². The maximum atomic E-state index is 13.3. The molecule has 5 heterocycles. The van der Waals surface area contributed by atoms with E-state index in [9.17, 15) is 18.4 Å². The van der Waals surface area contributed by atoms with Crippen LogP contribution in [-0.2, 0) is 0 Å². The molecule has 1 aliphatic heterocycles. The standard InChI is InChI=1S/C25H23F2N9O2/c1-2-15-10-34(25-30-7-14(6-28)8-31-25)13-19(15)33-22-18(23(29)38)9-32-36-12-17(5-20(22)36)16-3-4-21(37)35(11-16)24(26)27/h3-5,7-9,11-12,15,19,24,33H,2,10,13H2,1H3,(H2,29,38)/t15-,19-/m1/s1. The fourth-order valence-electron chi connectivity index (χ4n) is 4.72. The van der Waals surface area contributed by atoms with E-state index >= 15 is 0 Å². The van der Waals surface area contributed by atoms with E-state index in [1.54, 1.807) is 12.3 Å². The van der Waals surface area contributed by atoms with Gasteiger partial charge < -0.3 is 16.0 Å². The molecule has 0 aromatic carbocycles. The molecule has 1 fully saturated rings. The van der Waals surface area contributed by atoms with Gasteiger partial charge in [0.25, 0.3) is 11.5 Å². The minimum Gasteiger partial charge on any atom is -0.378 e. The topological polar surface area (TPSA) is 147 Å². The zero-order valence-corrected chi connectivity index (χ0v) is 20.3. The van der Waals surface area contributed by atoms with Crippen molar-refractivity contribution in [3.8, 4) is 17.2 Å². The first-order valence-electron chi connectivity index (χ1n) is 11.8. The van der Waals surface area contributed by atoms with Crippen molar-refractivity contribution in [2.75, 3.05) is 23.3 Å². The number of aromatic nitrogens is 5. The number of primary amides is 1. The summed E-state index contributed by atoms with van der Waals surface area (Å²) in [5, 5.41) is 16.8. The Labute approximate surface area is 215 Å². The number of nitrogens with one attached hydrogen (secondary N) is 1. The Morgan fingerprint density at radius 1 is 1.21 bits per heavy atom. The molecule has 4 aromatic heterocycles. The molecule has 1 aliphatic rings. The molecule has 1 amide bonds. The van der Waals surface area contributed by atoms with E-state index < -0.39 is 18.0 Å². The van der Waals surface area contributed by atoms with Crippen LogP contribution in [0.25, 0.3) is 16.6 Å². The predicted molar refractivity (Wildman–Crippen MR) is 135 cm³/mol. The number of hydrogen-bond acceptors (Lipinski definition) is 8. The zero-order valence-electron chi connectivity index (χ0n) is 20.3. The van der Waals surface area contributed by atoms with Crippen molar-refractivity contribution >= 4 is 23.1 Å². The molecule has 13 heteroatoms. The Kier molecular flexibility index (Phi) is 6.46. The molecule has 11 nitrogen and oxygen atoms in total. The number of carbonyl (C=O) groups excluding carboxylic acids is 1. The van der Waals surface area contributed by atoms with Gasteiger partial charge in [0.15, 0.2) is 0 Å². The van der Waals surface area contributed by atoms with Crippen LogP contribution in [0.2, 0.25) is 0 Å². The second kappa shape index (κ2) is 9.89. The number of rotatable bonds is 7. The summed E-state index contributed by atoms with van der Waals surface area (Å²) in [6.07, 6.45) is 7.85. The zero-order chi connectivity index (χ0) is 27.0. The third kappa shape index (κ3) is 4.52. The van der Waals surface area contributed by atoms with Gasteiger partial charge in [-0.2, -0.15) is 19.1 Å². The third-order valence-electron chi connectivity index (χ3n) is 6.73. The fourth-order valence-corrected chi connectivity index (χ4v) is 4.72. The second-order valence-electron chi connectivity index (χ2n) is 9.00. The van der Waals surface area contributed by atoms with Crippen LogP contribution in [0.3, 0.4) is 0 Å². The van der Waals surface area contributed by atoms with Crippen LogP contribution in [0.4, 0.5) is 20.4 Å². The number of pyridine rings is 1. The Bertz CT molecular complexity index is 1610. The van der Waals surface area contributed by atoms with Gasteiger partial charge in [-0.15, -0.1) is 0 Å². The Morgan fingerprint density at radius 2 is 1.97 bits per heavy atom. The molecule has 0 bridgehead atoms. The molecule has 5 rings (SSSR count). The molecule has 0 spiro atoms. The summed E-state index contributed by atoms with van der Waals surface area (Å²) in [6.45, 7) is 0.277. The minimum absolute atomic E-state index is 0.109. The molecule has 1 saturated heterocycles. The number of nitrogens with zero attached hydrogens (tertiary/aromatic N) is 7. The summed E-state index contributed by atoms with van der Waals surface area (Å²) < 4.78 is 28.4. The number of hydrogen-bond donors (Lipinski definition) is 2. The monoisotopic (exact) mass is 519 g/mol. The maximum Gasteiger partial charge on any atom is 0.321 e. The van der Waals surface area contributed by atoms with Crippen molar-refractivity contribution in [3.05, 3.63) is 70.7 Å². The van der Waals surface area contributed by atoms with E-state index in [4.69, 9.17) is 11.0 Å². The van der Waals surface area contributed by atoms with E-state index in [1.165, 1.54) is 29.2 Å². The second-order valence-corrected chi connectivity index (χ2v) is 9.00. The van der Waals surface area contributed by atoms with Gasteiger partial charge >= 0.3 is 6.55 Å². The molecular weight excluding hydrogens is 496 g/mol. The van der Waals surface area contributed by atoms with Crippen LogP contribution in [-0.4, -0.2) is 49.2 Å². The van der Waals surface area contributed by atoms with Gasteiger partial charge in [-0.25, -0.2) is 14.5 Å². The number of amides is 1. The summed E-state index contributed by atoms with van der Waals surface area (Å²) >= 11 is 0. The molecule has 194 valence electrons. The summed E-state index contributed by atoms with van der Waals surface area (Å²) in [7, 11) is 0. The van der Waals surface area contributed by atoms with Gasteiger partial charge in [0.05, 0.1) is 40.9 Å². The van der Waals surface area contributed by atoms with Gasteiger partial charge in [-0.1, -0.05) is 6.92 Å². The van der Waals surface area contributed by atoms with Crippen LogP contribution in [0.1, 0.15) is 35.8 Å². The largest absolute Gasteiger partial charge is 0.378 e. The van der Waals surface area contributed by atoms with Gasteiger partial charge in [-0.3, -0.25) is 14.2 Å². The quantitative estimate of drug-likeness (QED) is 0.379. The number of anilines is 2.